The molecule has 2 saturated heterocycles. The number of hydrogen-bond acceptors (Lipinski definition) is 11. The Kier molecular flexibility index (Phi) is 9.34. The van der Waals surface area contributed by atoms with Crippen molar-refractivity contribution >= 4 is 47.1 Å². The molecule has 0 radical (unpaired) electrons. The maximum Gasteiger partial charge on any atom is 0.474 e. The molecule has 7 rings (SSSR count). The number of ether oxygens (including phenoxy) is 1. The van der Waals surface area contributed by atoms with Crippen LogP contribution in [0.5, 0.6) is 0 Å². The smallest absolute Gasteiger partial charge is 0.462 e. The van der Waals surface area contributed by atoms with E-state index in [9.17, 15) is 19.0 Å². The number of aromatic nitrogens is 4. The molecule has 3 aromatic rings. The lowest BCUT2D eigenvalue weighted by molar-refractivity contribution is 0.0484. The number of aryl methyl sites for hydroxylation is 1. The third kappa shape index (κ3) is 6.56. The first-order chi connectivity index (χ1) is 25.0. The monoisotopic (exact) mass is 753 g/mol. The standard InChI is InChI=1S/C36H42F2N7O7P/c1-8-50-35(47)23-15-43(7)33-21(32(23)46)11-20(13-40-33)22-16-44(18-51-53(48,49)52-36(2,3)4)34-28(27-29(38)24(37)12-25(39-5)30(27)41-34)31(22)45-10-9-19-14-42(6)17-26(19)45/h11-13,15-16,19,26,39H,8-10,14,17-18H2,1-7H3,(H,48,49)/t19-,26+/m1/s1. The number of phosphoric acid groups is 1. The molecule has 6 heterocycles. The fourth-order valence-corrected chi connectivity index (χ4v) is 8.72. The molecule has 2 aromatic heterocycles. The molecule has 53 heavy (non-hydrogen) atoms. The summed E-state index contributed by atoms with van der Waals surface area (Å²) in [7, 11) is 0.628. The van der Waals surface area contributed by atoms with Crippen molar-refractivity contribution in [3.8, 4) is 22.5 Å². The highest BCUT2D eigenvalue weighted by atomic mass is 31.2. The van der Waals surface area contributed by atoms with Crippen molar-refractivity contribution in [2.24, 2.45) is 13.0 Å². The first kappa shape index (κ1) is 36.9. The van der Waals surface area contributed by atoms with Gasteiger partial charge in [-0.2, -0.15) is 0 Å². The predicted molar refractivity (Wildman–Crippen MR) is 196 cm³/mol. The molecule has 4 aliphatic rings. The van der Waals surface area contributed by atoms with Crippen LogP contribution in [-0.4, -0.2) is 86.8 Å². The van der Waals surface area contributed by atoms with Crippen molar-refractivity contribution in [1.29, 1.82) is 0 Å². The second-order valence-corrected chi connectivity index (χ2v) is 16.0. The summed E-state index contributed by atoms with van der Waals surface area (Å²) in [5.74, 6) is -2.51. The van der Waals surface area contributed by atoms with Crippen molar-refractivity contribution in [3.63, 3.8) is 0 Å². The summed E-state index contributed by atoms with van der Waals surface area (Å²) in [6.45, 7) is 8.13. The summed E-state index contributed by atoms with van der Waals surface area (Å²) in [5.41, 5.74) is 0.550. The maximum absolute atomic E-state index is 16.3. The molecule has 0 spiro atoms. The molecule has 1 unspecified atom stereocenters. The second kappa shape index (κ2) is 13.4. The van der Waals surface area contributed by atoms with Crippen LogP contribution >= 0.6 is 7.82 Å². The number of anilines is 2. The van der Waals surface area contributed by atoms with Crippen LogP contribution in [0.4, 0.5) is 20.2 Å². The number of nitrogens with one attached hydrogen (secondary N) is 1. The summed E-state index contributed by atoms with van der Waals surface area (Å²) >= 11 is 0. The van der Waals surface area contributed by atoms with Gasteiger partial charge in [0, 0.05) is 75.6 Å². The van der Waals surface area contributed by atoms with Gasteiger partial charge in [-0.3, -0.25) is 13.8 Å². The van der Waals surface area contributed by atoms with Gasteiger partial charge >= 0.3 is 13.8 Å². The number of likely N-dealkylation sites (N-methyl/N-ethyl adjacent to an activating group) is 1. The quantitative estimate of drug-likeness (QED) is 0.143. The van der Waals surface area contributed by atoms with Crippen LogP contribution in [0, 0.1) is 17.6 Å². The van der Waals surface area contributed by atoms with E-state index in [1.165, 1.54) is 10.8 Å². The average molecular weight is 754 g/mol. The van der Waals surface area contributed by atoms with Crippen LogP contribution in [0.25, 0.3) is 44.5 Å². The zero-order valence-corrected chi connectivity index (χ0v) is 31.5. The summed E-state index contributed by atoms with van der Waals surface area (Å²) in [5, 5.41) is 2.96. The van der Waals surface area contributed by atoms with Gasteiger partial charge < -0.3 is 33.9 Å². The van der Waals surface area contributed by atoms with Gasteiger partial charge in [0.05, 0.1) is 45.4 Å². The zero-order valence-electron chi connectivity index (χ0n) is 30.6. The van der Waals surface area contributed by atoms with E-state index in [1.807, 2.05) is 7.05 Å². The Morgan fingerprint density at radius 1 is 1.17 bits per heavy atom. The summed E-state index contributed by atoms with van der Waals surface area (Å²) < 4.78 is 63.8. The van der Waals surface area contributed by atoms with Crippen LogP contribution < -0.4 is 15.6 Å². The summed E-state index contributed by atoms with van der Waals surface area (Å²) in [6.07, 6.45) is 5.42. The number of fused-ring (bicyclic) bond motifs is 5. The molecule has 4 aliphatic heterocycles. The minimum absolute atomic E-state index is 0.00828. The largest absolute Gasteiger partial charge is 0.474 e. The average Bonchev–Trinajstić information content (AvgIpc) is 3.78. The highest BCUT2D eigenvalue weighted by Gasteiger charge is 2.43. The number of halogens is 2. The van der Waals surface area contributed by atoms with E-state index in [0.29, 0.717) is 41.5 Å². The van der Waals surface area contributed by atoms with Gasteiger partial charge in [0.1, 0.15) is 23.8 Å². The number of carbonyl (C=O) groups excluding carboxylic acids is 1. The third-order valence-electron chi connectivity index (χ3n) is 9.79. The molecule has 2 fully saturated rings. The number of pyridine rings is 3. The van der Waals surface area contributed by atoms with E-state index in [0.717, 1.165) is 19.0 Å². The van der Waals surface area contributed by atoms with Crippen LogP contribution in [0.15, 0.2) is 35.5 Å². The van der Waals surface area contributed by atoms with Gasteiger partial charge in [-0.1, -0.05) is 0 Å². The molecule has 17 heteroatoms. The Balaban J connectivity index is 1.56. The molecular formula is C36H42F2N7O7P. The minimum atomic E-state index is -4.64. The first-order valence-electron chi connectivity index (χ1n) is 17.3. The summed E-state index contributed by atoms with van der Waals surface area (Å²) in [6, 6.07) is 2.64. The van der Waals surface area contributed by atoms with E-state index in [2.05, 4.69) is 20.1 Å². The Morgan fingerprint density at radius 3 is 2.62 bits per heavy atom. The molecule has 0 bridgehead atoms. The van der Waals surface area contributed by atoms with Crippen LogP contribution in [0.1, 0.15) is 44.5 Å². The number of benzene rings is 1. The maximum atomic E-state index is 16.3. The number of likely N-dealkylation sites (tertiary alicyclic amines) is 1. The second-order valence-electron chi connectivity index (χ2n) is 14.6. The molecule has 0 aliphatic carbocycles. The van der Waals surface area contributed by atoms with Gasteiger partial charge in [0.15, 0.2) is 11.6 Å². The lowest BCUT2D eigenvalue weighted by Crippen LogP contribution is -2.35. The van der Waals surface area contributed by atoms with Gasteiger partial charge in [-0.15, -0.1) is 0 Å². The predicted octanol–water partition coefficient (Wildman–Crippen LogP) is 5.58. The molecule has 3 atom stereocenters. The van der Waals surface area contributed by atoms with Crippen molar-refractivity contribution in [1.82, 2.24) is 24.0 Å². The lowest BCUT2D eigenvalue weighted by Gasteiger charge is -2.32. The van der Waals surface area contributed by atoms with E-state index in [-0.39, 0.29) is 51.6 Å². The normalized spacial score (nSPS) is 19.0. The van der Waals surface area contributed by atoms with Crippen LogP contribution in [-0.2, 0) is 32.1 Å². The number of esters is 1. The molecule has 282 valence electrons. The Hall–Kier alpha value is -4.47. The highest BCUT2D eigenvalue weighted by molar-refractivity contribution is 7.47. The Bertz CT molecular complexity index is 2360. The Labute approximate surface area is 304 Å². The van der Waals surface area contributed by atoms with Crippen molar-refractivity contribution in [3.05, 3.63) is 58.1 Å². The third-order valence-corrected chi connectivity index (χ3v) is 11.0. The van der Waals surface area contributed by atoms with Gasteiger partial charge in [0.2, 0.25) is 5.43 Å². The van der Waals surface area contributed by atoms with Crippen LogP contribution in [0.3, 0.4) is 0 Å². The molecule has 0 saturated carbocycles. The van der Waals surface area contributed by atoms with Crippen LogP contribution in [0.2, 0.25) is 0 Å². The van der Waals surface area contributed by atoms with E-state index in [4.69, 9.17) is 18.8 Å². The number of phosphoric ester groups is 1. The van der Waals surface area contributed by atoms with E-state index in [1.54, 1.807) is 64.8 Å². The molecule has 2 N–H and O–H groups in total. The summed E-state index contributed by atoms with van der Waals surface area (Å²) in [4.78, 5) is 51.1. The highest BCUT2D eigenvalue weighted by Crippen LogP contribution is 2.52. The van der Waals surface area contributed by atoms with Crippen molar-refractivity contribution in [2.45, 2.75) is 52.5 Å². The number of hydrogen-bond donors (Lipinski definition) is 2. The van der Waals surface area contributed by atoms with Crippen molar-refractivity contribution in [2.75, 3.05) is 50.6 Å². The van der Waals surface area contributed by atoms with Gasteiger partial charge in [-0.25, -0.2) is 28.1 Å². The molecular weight excluding hydrogens is 711 g/mol. The number of nitrogens with zero attached hydrogens (tertiary/aromatic N) is 6. The fourth-order valence-electron chi connectivity index (χ4n) is 7.70. The van der Waals surface area contributed by atoms with E-state index < -0.39 is 43.2 Å². The molecule has 14 nitrogen and oxygen atoms in total. The lowest BCUT2D eigenvalue weighted by atomic mass is 9.97. The topological polar surface area (TPSA) is 153 Å². The molecule has 0 amide bonds. The number of carbonyl (C=O) groups is 1. The van der Waals surface area contributed by atoms with E-state index >= 15 is 8.78 Å². The first-order valence-corrected chi connectivity index (χ1v) is 18.8. The number of rotatable bonds is 9. The van der Waals surface area contributed by atoms with Crippen molar-refractivity contribution < 1.29 is 36.8 Å². The Morgan fingerprint density at radius 2 is 1.92 bits per heavy atom. The minimum Gasteiger partial charge on any atom is -0.462 e. The SMILES string of the molecule is CCOC(=O)c1cn(C)c2ncc(-c3cn(COP(=O)(O)OC(C)(C)C)c4nc5c(NC)cc(F)c(F)c5c-4c3N3CC[C@@H]4CN(C)C[C@@H]43)cc2c1=O. The van der Waals surface area contributed by atoms with Gasteiger partial charge in [-0.05, 0) is 53.1 Å². The zero-order chi connectivity index (χ0) is 38.1. The van der Waals surface area contributed by atoms with Gasteiger partial charge in [0.25, 0.3) is 0 Å². The molecule has 1 aromatic carbocycles. The fraction of sp³-hybridized carbons (Fsp3) is 0.444.